The van der Waals surface area contributed by atoms with Crippen molar-refractivity contribution in [3.63, 3.8) is 0 Å². The highest BCUT2D eigenvalue weighted by molar-refractivity contribution is 5.11. The molecular formula is C15H27N3. The average Bonchev–Trinajstić information content (AvgIpc) is 3.08. The van der Waals surface area contributed by atoms with Crippen LogP contribution < -0.4 is 5.32 Å². The quantitative estimate of drug-likeness (QED) is 0.805. The molecule has 0 amide bonds. The van der Waals surface area contributed by atoms with E-state index in [1.165, 1.54) is 24.2 Å². The van der Waals surface area contributed by atoms with E-state index in [1.54, 1.807) is 0 Å². The maximum absolute atomic E-state index is 4.80. The molecule has 0 radical (unpaired) electrons. The maximum atomic E-state index is 4.80. The molecule has 0 bridgehead atoms. The summed E-state index contributed by atoms with van der Waals surface area (Å²) in [7, 11) is 0. The highest BCUT2D eigenvalue weighted by Gasteiger charge is 2.25. The van der Waals surface area contributed by atoms with Gasteiger partial charge in [-0.25, -0.2) is 0 Å². The fourth-order valence-corrected chi connectivity index (χ4v) is 2.39. The molecule has 0 aliphatic heterocycles. The fourth-order valence-electron chi connectivity index (χ4n) is 2.39. The van der Waals surface area contributed by atoms with E-state index < -0.39 is 0 Å². The highest BCUT2D eigenvalue weighted by Crippen LogP contribution is 2.23. The Kier molecular flexibility index (Phi) is 4.44. The molecule has 1 unspecified atom stereocenters. The normalized spacial score (nSPS) is 17.4. The summed E-state index contributed by atoms with van der Waals surface area (Å²) < 4.78 is 2.28. The van der Waals surface area contributed by atoms with Crippen LogP contribution in [0.15, 0.2) is 6.07 Å². The Labute approximate surface area is 111 Å². The van der Waals surface area contributed by atoms with Crippen molar-refractivity contribution in [2.24, 2.45) is 5.92 Å². The summed E-state index contributed by atoms with van der Waals surface area (Å²) in [6.07, 6.45) is 4.80. The fraction of sp³-hybridized carbons (Fsp3) is 0.800. The Balaban J connectivity index is 2.14. The van der Waals surface area contributed by atoms with Crippen LogP contribution in [0.4, 0.5) is 0 Å². The van der Waals surface area contributed by atoms with E-state index >= 15 is 0 Å². The van der Waals surface area contributed by atoms with E-state index in [0.29, 0.717) is 12.0 Å². The Morgan fingerprint density at radius 1 is 1.33 bits per heavy atom. The van der Waals surface area contributed by atoms with Gasteiger partial charge in [0.2, 0.25) is 0 Å². The van der Waals surface area contributed by atoms with Gasteiger partial charge in [0.05, 0.1) is 11.7 Å². The molecule has 0 spiro atoms. The van der Waals surface area contributed by atoms with E-state index in [-0.39, 0.29) is 0 Å². The van der Waals surface area contributed by atoms with E-state index in [4.69, 9.17) is 5.10 Å². The van der Waals surface area contributed by atoms with Crippen molar-refractivity contribution in [2.75, 3.05) is 6.54 Å². The zero-order chi connectivity index (χ0) is 13.1. The Bertz CT molecular complexity index is 377. The maximum Gasteiger partial charge on any atom is 0.0669 e. The first kappa shape index (κ1) is 13.6. The van der Waals surface area contributed by atoms with Gasteiger partial charge >= 0.3 is 0 Å². The van der Waals surface area contributed by atoms with Crippen molar-refractivity contribution >= 4 is 0 Å². The highest BCUT2D eigenvalue weighted by atomic mass is 15.3. The summed E-state index contributed by atoms with van der Waals surface area (Å²) in [5, 5.41) is 8.45. The predicted octanol–water partition coefficient (Wildman–Crippen LogP) is 2.96. The molecule has 0 saturated heterocycles. The van der Waals surface area contributed by atoms with Crippen LogP contribution in [0.1, 0.15) is 58.0 Å². The lowest BCUT2D eigenvalue weighted by atomic mass is 10.0. The zero-order valence-corrected chi connectivity index (χ0v) is 12.2. The molecule has 1 heterocycles. The predicted molar refractivity (Wildman–Crippen MR) is 75.9 cm³/mol. The minimum absolute atomic E-state index is 0.487. The lowest BCUT2D eigenvalue weighted by molar-refractivity contribution is 0.320. The van der Waals surface area contributed by atoms with Crippen molar-refractivity contribution in [1.29, 1.82) is 0 Å². The third-order valence-electron chi connectivity index (χ3n) is 3.86. The molecule has 1 aromatic heterocycles. The van der Waals surface area contributed by atoms with E-state index in [2.05, 4.69) is 43.8 Å². The van der Waals surface area contributed by atoms with Gasteiger partial charge in [0.25, 0.3) is 0 Å². The first-order chi connectivity index (χ1) is 8.65. The summed E-state index contributed by atoms with van der Waals surface area (Å²) in [5.74, 6) is 0.617. The van der Waals surface area contributed by atoms with Crippen LogP contribution in [0.5, 0.6) is 0 Å². The molecule has 1 aliphatic carbocycles. The van der Waals surface area contributed by atoms with Gasteiger partial charge in [0, 0.05) is 18.3 Å². The zero-order valence-electron chi connectivity index (χ0n) is 12.2. The number of aryl methyl sites for hydroxylation is 2. The molecule has 2 rings (SSSR count). The average molecular weight is 249 g/mol. The Hall–Kier alpha value is -0.830. The molecule has 1 aliphatic rings. The number of hydrogen-bond donors (Lipinski definition) is 1. The molecule has 1 atom stereocenters. The molecule has 1 N–H and O–H groups in total. The van der Waals surface area contributed by atoms with Crippen molar-refractivity contribution < 1.29 is 0 Å². The molecular weight excluding hydrogens is 222 g/mol. The monoisotopic (exact) mass is 249 g/mol. The van der Waals surface area contributed by atoms with Crippen molar-refractivity contribution in [2.45, 2.75) is 65.5 Å². The second-order valence-electron chi connectivity index (χ2n) is 5.77. The molecule has 1 aromatic rings. The number of hydrogen-bond acceptors (Lipinski definition) is 2. The van der Waals surface area contributed by atoms with Gasteiger partial charge in [-0.3, -0.25) is 4.68 Å². The molecule has 0 aromatic carbocycles. The molecule has 3 nitrogen and oxygen atoms in total. The molecule has 18 heavy (non-hydrogen) atoms. The van der Waals surface area contributed by atoms with Gasteiger partial charge in [0.1, 0.15) is 0 Å². The van der Waals surface area contributed by atoms with Gasteiger partial charge in [0.15, 0.2) is 0 Å². The summed E-state index contributed by atoms with van der Waals surface area (Å²) in [4.78, 5) is 0. The Morgan fingerprint density at radius 2 is 2.06 bits per heavy atom. The molecule has 1 saturated carbocycles. The summed E-state index contributed by atoms with van der Waals surface area (Å²) >= 11 is 0. The van der Waals surface area contributed by atoms with Crippen LogP contribution in [0.3, 0.4) is 0 Å². The largest absolute Gasteiger partial charge is 0.312 e. The lowest BCUT2D eigenvalue weighted by Crippen LogP contribution is -2.31. The topological polar surface area (TPSA) is 29.9 Å². The van der Waals surface area contributed by atoms with Crippen molar-refractivity contribution in [3.8, 4) is 0 Å². The van der Waals surface area contributed by atoms with Gasteiger partial charge < -0.3 is 5.32 Å². The van der Waals surface area contributed by atoms with Crippen molar-refractivity contribution in [1.82, 2.24) is 15.1 Å². The van der Waals surface area contributed by atoms with E-state index in [9.17, 15) is 0 Å². The van der Waals surface area contributed by atoms with Crippen LogP contribution in [0, 0.1) is 5.92 Å². The lowest BCUT2D eigenvalue weighted by Gasteiger charge is -2.24. The third kappa shape index (κ3) is 3.14. The van der Waals surface area contributed by atoms with Gasteiger partial charge in [-0.05, 0) is 37.7 Å². The molecule has 3 heteroatoms. The molecule has 1 fully saturated rings. The van der Waals surface area contributed by atoms with Crippen LogP contribution in [-0.4, -0.2) is 22.4 Å². The SMILES string of the molecule is CCc1cc(CC)n(C(CNC2CC2)C(C)C)n1. The van der Waals surface area contributed by atoms with Crippen LogP contribution in [-0.2, 0) is 12.8 Å². The summed E-state index contributed by atoms with van der Waals surface area (Å²) in [5.41, 5.74) is 2.60. The minimum Gasteiger partial charge on any atom is -0.312 e. The standard InChI is InChI=1S/C15H27N3/c1-5-12-9-14(6-2)18(17-12)15(11(3)4)10-16-13-7-8-13/h9,11,13,15-16H,5-8,10H2,1-4H3. The number of nitrogens with one attached hydrogen (secondary N) is 1. The Morgan fingerprint density at radius 3 is 2.56 bits per heavy atom. The smallest absolute Gasteiger partial charge is 0.0669 e. The molecule has 102 valence electrons. The van der Waals surface area contributed by atoms with E-state index in [0.717, 1.165) is 25.4 Å². The number of aromatic nitrogens is 2. The summed E-state index contributed by atoms with van der Waals surface area (Å²) in [6.45, 7) is 10.1. The number of rotatable bonds is 7. The second-order valence-corrected chi connectivity index (χ2v) is 5.77. The summed E-state index contributed by atoms with van der Waals surface area (Å²) in [6, 6.07) is 3.53. The van der Waals surface area contributed by atoms with Gasteiger partial charge in [-0.15, -0.1) is 0 Å². The number of nitrogens with zero attached hydrogens (tertiary/aromatic N) is 2. The van der Waals surface area contributed by atoms with Crippen LogP contribution in [0.25, 0.3) is 0 Å². The first-order valence-electron chi connectivity index (χ1n) is 7.46. The third-order valence-corrected chi connectivity index (χ3v) is 3.86. The van der Waals surface area contributed by atoms with Crippen LogP contribution >= 0.6 is 0 Å². The van der Waals surface area contributed by atoms with Gasteiger partial charge in [-0.2, -0.15) is 5.10 Å². The van der Waals surface area contributed by atoms with E-state index in [1.807, 2.05) is 0 Å². The minimum atomic E-state index is 0.487. The van der Waals surface area contributed by atoms with Crippen LogP contribution in [0.2, 0.25) is 0 Å². The van der Waals surface area contributed by atoms with Crippen molar-refractivity contribution in [3.05, 3.63) is 17.5 Å². The second kappa shape index (κ2) is 5.87. The van der Waals surface area contributed by atoms with Gasteiger partial charge in [-0.1, -0.05) is 27.7 Å². The first-order valence-corrected chi connectivity index (χ1v) is 7.46.